The van der Waals surface area contributed by atoms with Crippen LogP contribution in [-0.4, -0.2) is 31.2 Å². The van der Waals surface area contributed by atoms with Gasteiger partial charge in [-0.15, -0.1) is 0 Å². The van der Waals surface area contributed by atoms with E-state index in [-0.39, 0.29) is 18.0 Å². The van der Waals surface area contributed by atoms with E-state index in [9.17, 15) is 9.59 Å². The van der Waals surface area contributed by atoms with Gasteiger partial charge < -0.3 is 26.4 Å². The number of amides is 3. The van der Waals surface area contributed by atoms with E-state index in [1.807, 2.05) is 0 Å². The summed E-state index contributed by atoms with van der Waals surface area (Å²) in [7, 11) is 0. The summed E-state index contributed by atoms with van der Waals surface area (Å²) in [4.78, 5) is 24.1. The Bertz CT molecular complexity index is 771. The highest BCUT2D eigenvalue weighted by atomic mass is 16.5. The van der Waals surface area contributed by atoms with Crippen molar-refractivity contribution in [2.75, 3.05) is 29.5 Å². The number of ether oxygens (including phenoxy) is 1. The zero-order valence-electron chi connectivity index (χ0n) is 14.3. The molecule has 1 atom stereocenters. The van der Waals surface area contributed by atoms with Crippen molar-refractivity contribution in [1.29, 1.82) is 0 Å². The van der Waals surface area contributed by atoms with E-state index in [4.69, 9.17) is 10.5 Å². The van der Waals surface area contributed by atoms with Crippen LogP contribution < -0.4 is 21.7 Å². The van der Waals surface area contributed by atoms with E-state index in [0.717, 1.165) is 19.4 Å². The number of nitrogens with one attached hydrogen (secondary N) is 3. The van der Waals surface area contributed by atoms with E-state index in [1.165, 1.54) is 0 Å². The van der Waals surface area contributed by atoms with Crippen molar-refractivity contribution < 1.29 is 14.3 Å². The number of hydrogen-bond donors (Lipinski definition) is 4. The lowest BCUT2D eigenvalue weighted by atomic mass is 10.1. The average Bonchev–Trinajstić information content (AvgIpc) is 3.15. The molecule has 7 heteroatoms. The molecule has 0 aliphatic carbocycles. The fourth-order valence-corrected chi connectivity index (χ4v) is 2.73. The highest BCUT2D eigenvalue weighted by Gasteiger charge is 2.16. The molecule has 0 aromatic heterocycles. The highest BCUT2D eigenvalue weighted by molar-refractivity contribution is 6.07. The number of hydrogen-bond acceptors (Lipinski definition) is 4. The predicted molar refractivity (Wildman–Crippen MR) is 101 cm³/mol. The van der Waals surface area contributed by atoms with Crippen molar-refractivity contribution in [1.82, 2.24) is 5.32 Å². The number of para-hydroxylation sites is 1. The third-order valence-electron chi connectivity index (χ3n) is 4.12. The average molecular weight is 354 g/mol. The predicted octanol–water partition coefficient (Wildman–Crippen LogP) is 2.82. The minimum absolute atomic E-state index is 0.101. The largest absolute Gasteiger partial charge is 0.398 e. The van der Waals surface area contributed by atoms with Crippen LogP contribution in [0.25, 0.3) is 0 Å². The first-order chi connectivity index (χ1) is 12.6. The molecule has 0 spiro atoms. The molecule has 2 aromatic carbocycles. The van der Waals surface area contributed by atoms with E-state index >= 15 is 0 Å². The summed E-state index contributed by atoms with van der Waals surface area (Å²) in [5.74, 6) is -0.280. The van der Waals surface area contributed by atoms with E-state index in [0.29, 0.717) is 29.2 Å². The minimum Gasteiger partial charge on any atom is -0.398 e. The maximum absolute atomic E-state index is 12.2. The molecule has 7 nitrogen and oxygen atoms in total. The molecule has 5 N–H and O–H groups in total. The Labute approximate surface area is 151 Å². The summed E-state index contributed by atoms with van der Waals surface area (Å²) < 4.78 is 5.46. The number of nitrogens with two attached hydrogens (primary N) is 1. The molecule has 1 aliphatic rings. The summed E-state index contributed by atoms with van der Waals surface area (Å²) in [5, 5.41) is 8.32. The van der Waals surface area contributed by atoms with Gasteiger partial charge >= 0.3 is 6.03 Å². The van der Waals surface area contributed by atoms with E-state index in [1.54, 1.807) is 48.5 Å². The van der Waals surface area contributed by atoms with Gasteiger partial charge in [0.1, 0.15) is 0 Å². The Morgan fingerprint density at radius 3 is 2.38 bits per heavy atom. The van der Waals surface area contributed by atoms with Crippen molar-refractivity contribution >= 4 is 29.0 Å². The zero-order chi connectivity index (χ0) is 18.4. The van der Waals surface area contributed by atoms with Crippen LogP contribution in [-0.2, 0) is 4.74 Å². The molecular formula is C19H22N4O3. The normalized spacial score (nSPS) is 16.1. The third kappa shape index (κ3) is 4.73. The van der Waals surface area contributed by atoms with Crippen molar-refractivity contribution in [3.63, 3.8) is 0 Å². The molecule has 1 fully saturated rings. The van der Waals surface area contributed by atoms with Gasteiger partial charge in [-0.05, 0) is 49.2 Å². The molecule has 136 valence electrons. The fraction of sp³-hybridized carbons (Fsp3) is 0.263. The molecule has 26 heavy (non-hydrogen) atoms. The van der Waals surface area contributed by atoms with Crippen molar-refractivity contribution in [2.24, 2.45) is 0 Å². The topological polar surface area (TPSA) is 105 Å². The number of carbonyl (C=O) groups is 2. The molecule has 1 aliphatic heterocycles. The SMILES string of the molecule is Nc1ccccc1C(=O)Nc1ccc(NC(=O)NCC2CCCO2)cc1. The Balaban J connectivity index is 1.50. The van der Waals surface area contributed by atoms with Crippen LogP contribution in [0.4, 0.5) is 21.9 Å². The molecule has 0 radical (unpaired) electrons. The minimum atomic E-state index is -0.283. The number of anilines is 3. The number of benzene rings is 2. The Kier molecular flexibility index (Phi) is 5.70. The third-order valence-corrected chi connectivity index (χ3v) is 4.12. The standard InChI is InChI=1S/C19H22N4O3/c20-17-6-2-1-5-16(17)18(24)22-13-7-9-14(10-8-13)23-19(25)21-12-15-4-3-11-26-15/h1-2,5-10,15H,3-4,11-12,20H2,(H,22,24)(H2,21,23,25). The molecule has 2 aromatic rings. The lowest BCUT2D eigenvalue weighted by Gasteiger charge is -2.12. The Hall–Kier alpha value is -3.06. The second kappa shape index (κ2) is 8.35. The Morgan fingerprint density at radius 2 is 1.73 bits per heavy atom. The van der Waals surface area contributed by atoms with Crippen LogP contribution in [0.1, 0.15) is 23.2 Å². The molecule has 1 saturated heterocycles. The van der Waals surface area contributed by atoms with Crippen LogP contribution in [0.2, 0.25) is 0 Å². The summed E-state index contributed by atoms with van der Waals surface area (Å²) >= 11 is 0. The molecule has 0 saturated carbocycles. The van der Waals surface area contributed by atoms with Crippen LogP contribution in [0, 0.1) is 0 Å². The number of urea groups is 1. The van der Waals surface area contributed by atoms with Gasteiger partial charge in [0, 0.05) is 30.2 Å². The maximum atomic E-state index is 12.2. The molecule has 3 rings (SSSR count). The first-order valence-electron chi connectivity index (χ1n) is 8.54. The number of carbonyl (C=O) groups excluding carboxylic acids is 2. The highest BCUT2D eigenvalue weighted by Crippen LogP contribution is 2.17. The lowest BCUT2D eigenvalue weighted by Crippen LogP contribution is -2.35. The number of rotatable bonds is 5. The lowest BCUT2D eigenvalue weighted by molar-refractivity contribution is 0.102. The van der Waals surface area contributed by atoms with Gasteiger partial charge in [-0.1, -0.05) is 12.1 Å². The van der Waals surface area contributed by atoms with Crippen molar-refractivity contribution in [3.8, 4) is 0 Å². The second-order valence-electron chi connectivity index (χ2n) is 6.09. The van der Waals surface area contributed by atoms with Gasteiger partial charge in [-0.25, -0.2) is 4.79 Å². The smallest absolute Gasteiger partial charge is 0.319 e. The zero-order valence-corrected chi connectivity index (χ0v) is 14.3. The van der Waals surface area contributed by atoms with E-state index in [2.05, 4.69) is 16.0 Å². The monoisotopic (exact) mass is 354 g/mol. The molecular weight excluding hydrogens is 332 g/mol. The number of nitrogen functional groups attached to an aromatic ring is 1. The molecule has 1 heterocycles. The molecule has 1 unspecified atom stereocenters. The fourth-order valence-electron chi connectivity index (χ4n) is 2.73. The summed E-state index contributed by atoms with van der Waals surface area (Å²) in [6, 6.07) is 13.5. The van der Waals surface area contributed by atoms with Gasteiger partial charge in [0.25, 0.3) is 5.91 Å². The van der Waals surface area contributed by atoms with Crippen LogP contribution in [0.5, 0.6) is 0 Å². The summed E-state index contributed by atoms with van der Waals surface area (Å²) in [6.45, 7) is 1.26. The summed E-state index contributed by atoms with van der Waals surface area (Å²) in [6.07, 6.45) is 2.11. The van der Waals surface area contributed by atoms with Gasteiger partial charge in [0.05, 0.1) is 11.7 Å². The van der Waals surface area contributed by atoms with Crippen LogP contribution in [0.3, 0.4) is 0 Å². The molecule has 3 amide bonds. The van der Waals surface area contributed by atoms with Gasteiger partial charge in [-0.2, -0.15) is 0 Å². The van der Waals surface area contributed by atoms with Gasteiger partial charge in [-0.3, -0.25) is 4.79 Å². The first-order valence-corrected chi connectivity index (χ1v) is 8.54. The first kappa shape index (κ1) is 17.8. The maximum Gasteiger partial charge on any atom is 0.319 e. The Morgan fingerprint density at radius 1 is 1.04 bits per heavy atom. The molecule has 0 bridgehead atoms. The van der Waals surface area contributed by atoms with Gasteiger partial charge in [0.15, 0.2) is 0 Å². The quantitative estimate of drug-likeness (QED) is 0.620. The van der Waals surface area contributed by atoms with Crippen LogP contribution >= 0.6 is 0 Å². The van der Waals surface area contributed by atoms with Crippen molar-refractivity contribution in [3.05, 3.63) is 54.1 Å². The van der Waals surface area contributed by atoms with Crippen LogP contribution in [0.15, 0.2) is 48.5 Å². The van der Waals surface area contributed by atoms with Gasteiger partial charge in [0.2, 0.25) is 0 Å². The summed E-state index contributed by atoms with van der Waals surface area (Å²) in [5.41, 5.74) is 7.89. The van der Waals surface area contributed by atoms with Crippen molar-refractivity contribution in [2.45, 2.75) is 18.9 Å². The van der Waals surface area contributed by atoms with E-state index < -0.39 is 0 Å². The second-order valence-corrected chi connectivity index (χ2v) is 6.09.